The van der Waals surface area contributed by atoms with Crippen molar-refractivity contribution in [2.24, 2.45) is 0 Å². The summed E-state index contributed by atoms with van der Waals surface area (Å²) < 4.78 is 24.4. The first-order valence-corrected chi connectivity index (χ1v) is 8.11. The van der Waals surface area contributed by atoms with Crippen molar-refractivity contribution in [3.63, 3.8) is 0 Å². The Kier molecular flexibility index (Phi) is 5.37. The van der Waals surface area contributed by atoms with Crippen molar-refractivity contribution in [1.82, 2.24) is 14.5 Å². The molecule has 0 aromatic rings. The highest BCUT2D eigenvalue weighted by Gasteiger charge is 2.28. The SMILES string of the molecule is CCC(NC)C(C)N1CCN(S(C)(=O)=O)CC1. The van der Waals surface area contributed by atoms with E-state index in [0.717, 1.165) is 19.5 Å². The van der Waals surface area contributed by atoms with Gasteiger partial charge in [0.05, 0.1) is 6.26 Å². The van der Waals surface area contributed by atoms with Crippen LogP contribution in [-0.2, 0) is 10.0 Å². The number of nitrogens with one attached hydrogen (secondary N) is 1. The number of likely N-dealkylation sites (N-methyl/N-ethyl adjacent to an activating group) is 1. The second-order valence-corrected chi connectivity index (χ2v) is 6.72. The van der Waals surface area contributed by atoms with E-state index in [1.165, 1.54) is 6.26 Å². The Bertz CT molecular complexity index is 320. The van der Waals surface area contributed by atoms with Crippen LogP contribution < -0.4 is 5.32 Å². The highest BCUT2D eigenvalue weighted by atomic mass is 32.2. The van der Waals surface area contributed by atoms with Gasteiger partial charge in [0.1, 0.15) is 0 Å². The zero-order valence-corrected chi connectivity index (χ0v) is 12.1. The van der Waals surface area contributed by atoms with Crippen LogP contribution in [0.3, 0.4) is 0 Å². The van der Waals surface area contributed by atoms with Gasteiger partial charge in [0.2, 0.25) is 10.0 Å². The van der Waals surface area contributed by atoms with E-state index < -0.39 is 10.0 Å². The van der Waals surface area contributed by atoms with Crippen LogP contribution in [0.4, 0.5) is 0 Å². The molecule has 0 aliphatic carbocycles. The van der Waals surface area contributed by atoms with Gasteiger partial charge in [-0.15, -0.1) is 0 Å². The topological polar surface area (TPSA) is 52.6 Å². The van der Waals surface area contributed by atoms with Gasteiger partial charge in [0, 0.05) is 38.3 Å². The Morgan fingerprint density at radius 3 is 2.12 bits per heavy atom. The van der Waals surface area contributed by atoms with Crippen LogP contribution >= 0.6 is 0 Å². The predicted octanol–water partition coefficient (Wildman–Crippen LogP) is -0.0499. The van der Waals surface area contributed by atoms with Gasteiger partial charge in [0.25, 0.3) is 0 Å². The van der Waals surface area contributed by atoms with Gasteiger partial charge < -0.3 is 5.32 Å². The summed E-state index contributed by atoms with van der Waals surface area (Å²) >= 11 is 0. The highest BCUT2D eigenvalue weighted by molar-refractivity contribution is 7.88. The molecule has 0 aromatic carbocycles. The van der Waals surface area contributed by atoms with E-state index in [2.05, 4.69) is 24.1 Å². The molecule has 1 N–H and O–H groups in total. The van der Waals surface area contributed by atoms with Gasteiger partial charge in [-0.1, -0.05) is 6.92 Å². The average molecular weight is 263 g/mol. The second-order valence-electron chi connectivity index (χ2n) is 4.74. The summed E-state index contributed by atoms with van der Waals surface area (Å²) in [5, 5.41) is 3.32. The van der Waals surface area contributed by atoms with E-state index in [1.807, 2.05) is 7.05 Å². The summed E-state index contributed by atoms with van der Waals surface area (Å²) in [6, 6.07) is 0.923. The monoisotopic (exact) mass is 263 g/mol. The van der Waals surface area contributed by atoms with Crippen LogP contribution in [0.5, 0.6) is 0 Å². The van der Waals surface area contributed by atoms with Crippen molar-refractivity contribution < 1.29 is 8.42 Å². The number of piperazine rings is 1. The third-order valence-electron chi connectivity index (χ3n) is 3.71. The smallest absolute Gasteiger partial charge is 0.211 e. The summed E-state index contributed by atoms with van der Waals surface area (Å²) in [6.07, 6.45) is 2.37. The molecule has 2 atom stereocenters. The van der Waals surface area contributed by atoms with Crippen LogP contribution in [0, 0.1) is 0 Å². The third kappa shape index (κ3) is 3.91. The lowest BCUT2D eigenvalue weighted by atomic mass is 10.1. The molecule has 0 radical (unpaired) electrons. The van der Waals surface area contributed by atoms with Crippen LogP contribution in [0.1, 0.15) is 20.3 Å². The molecule has 0 spiro atoms. The first-order chi connectivity index (χ1) is 7.90. The molecule has 1 rings (SSSR count). The van der Waals surface area contributed by atoms with Crippen LogP contribution in [-0.4, -0.2) is 69.2 Å². The zero-order chi connectivity index (χ0) is 13.1. The molecular formula is C11H25N3O2S. The van der Waals surface area contributed by atoms with Gasteiger partial charge in [-0.25, -0.2) is 8.42 Å². The summed E-state index contributed by atoms with van der Waals surface area (Å²) in [7, 11) is -1.03. The Hall–Kier alpha value is -0.170. The Morgan fingerprint density at radius 1 is 1.24 bits per heavy atom. The predicted molar refractivity (Wildman–Crippen MR) is 70.6 cm³/mol. The van der Waals surface area contributed by atoms with Gasteiger partial charge in [-0.2, -0.15) is 4.31 Å². The fraction of sp³-hybridized carbons (Fsp3) is 1.00. The summed E-state index contributed by atoms with van der Waals surface area (Å²) in [5.74, 6) is 0. The van der Waals surface area contributed by atoms with Crippen molar-refractivity contribution in [2.75, 3.05) is 39.5 Å². The van der Waals surface area contributed by atoms with Crippen LogP contribution in [0.15, 0.2) is 0 Å². The Morgan fingerprint density at radius 2 is 1.76 bits per heavy atom. The van der Waals surface area contributed by atoms with Crippen molar-refractivity contribution >= 4 is 10.0 Å². The maximum absolute atomic E-state index is 11.4. The van der Waals surface area contributed by atoms with Crippen molar-refractivity contribution in [2.45, 2.75) is 32.4 Å². The molecule has 6 heteroatoms. The van der Waals surface area contributed by atoms with E-state index in [0.29, 0.717) is 25.2 Å². The normalized spacial score (nSPS) is 23.5. The van der Waals surface area contributed by atoms with Crippen LogP contribution in [0.25, 0.3) is 0 Å². The maximum Gasteiger partial charge on any atom is 0.211 e. The largest absolute Gasteiger partial charge is 0.315 e. The molecule has 1 fully saturated rings. The minimum Gasteiger partial charge on any atom is -0.315 e. The van der Waals surface area contributed by atoms with Crippen molar-refractivity contribution in [3.8, 4) is 0 Å². The molecule has 0 bridgehead atoms. The number of rotatable bonds is 5. The van der Waals surface area contributed by atoms with E-state index >= 15 is 0 Å². The minimum atomic E-state index is -3.02. The highest BCUT2D eigenvalue weighted by Crippen LogP contribution is 2.12. The fourth-order valence-corrected chi connectivity index (χ4v) is 3.31. The van der Waals surface area contributed by atoms with Gasteiger partial charge in [-0.05, 0) is 20.4 Å². The molecule has 0 aromatic heterocycles. The lowest BCUT2D eigenvalue weighted by molar-refractivity contribution is 0.121. The molecule has 5 nitrogen and oxygen atoms in total. The lowest BCUT2D eigenvalue weighted by Crippen LogP contribution is -2.55. The minimum absolute atomic E-state index is 0.451. The molecule has 2 unspecified atom stereocenters. The molecule has 1 aliphatic heterocycles. The molecular weight excluding hydrogens is 238 g/mol. The Labute approximate surface area is 105 Å². The summed E-state index contributed by atoms with van der Waals surface area (Å²) in [6.45, 7) is 7.26. The number of hydrogen-bond donors (Lipinski definition) is 1. The number of hydrogen-bond acceptors (Lipinski definition) is 4. The number of sulfonamides is 1. The molecule has 1 heterocycles. The van der Waals surface area contributed by atoms with Crippen LogP contribution in [0.2, 0.25) is 0 Å². The quantitative estimate of drug-likeness (QED) is 0.756. The molecule has 1 saturated heterocycles. The number of nitrogens with zero attached hydrogens (tertiary/aromatic N) is 2. The molecule has 0 saturated carbocycles. The first kappa shape index (κ1) is 14.9. The average Bonchev–Trinajstić information content (AvgIpc) is 2.29. The maximum atomic E-state index is 11.4. The van der Waals surface area contributed by atoms with Gasteiger partial charge in [0.15, 0.2) is 0 Å². The third-order valence-corrected chi connectivity index (χ3v) is 5.01. The van der Waals surface area contributed by atoms with Gasteiger partial charge >= 0.3 is 0 Å². The molecule has 0 amide bonds. The fourth-order valence-electron chi connectivity index (χ4n) is 2.48. The molecule has 1 aliphatic rings. The zero-order valence-electron chi connectivity index (χ0n) is 11.3. The van der Waals surface area contributed by atoms with Crippen molar-refractivity contribution in [1.29, 1.82) is 0 Å². The lowest BCUT2D eigenvalue weighted by Gasteiger charge is -2.39. The molecule has 17 heavy (non-hydrogen) atoms. The van der Waals surface area contributed by atoms with Crippen molar-refractivity contribution in [3.05, 3.63) is 0 Å². The Balaban J connectivity index is 2.52. The van der Waals surface area contributed by atoms with E-state index in [1.54, 1.807) is 4.31 Å². The summed E-state index contributed by atoms with van der Waals surface area (Å²) in [4.78, 5) is 2.37. The first-order valence-electron chi connectivity index (χ1n) is 6.26. The second kappa shape index (κ2) is 6.13. The van der Waals surface area contributed by atoms with E-state index in [-0.39, 0.29) is 0 Å². The summed E-state index contributed by atoms with van der Waals surface area (Å²) in [5.41, 5.74) is 0. The van der Waals surface area contributed by atoms with Gasteiger partial charge in [-0.3, -0.25) is 4.90 Å². The van der Waals surface area contributed by atoms with E-state index in [4.69, 9.17) is 0 Å². The standard InChI is InChI=1S/C11H25N3O2S/c1-5-11(12-3)10(2)13-6-8-14(9-7-13)17(4,15)16/h10-12H,5-9H2,1-4H3. The van der Waals surface area contributed by atoms with E-state index in [9.17, 15) is 8.42 Å². The molecule has 102 valence electrons.